The Morgan fingerprint density at radius 1 is 1.31 bits per heavy atom. The van der Waals surface area contributed by atoms with E-state index in [1.165, 1.54) is 11.3 Å². The highest BCUT2D eigenvalue weighted by molar-refractivity contribution is 7.18. The van der Waals surface area contributed by atoms with Gasteiger partial charge >= 0.3 is 5.97 Å². The minimum atomic E-state index is -0.292. The number of carbonyl (C=O) groups is 1. The Morgan fingerprint density at radius 3 is 2.86 bits per heavy atom. The van der Waals surface area contributed by atoms with Crippen LogP contribution in [0.25, 0.3) is 22.5 Å². The van der Waals surface area contributed by atoms with Gasteiger partial charge in [-0.15, -0.1) is 11.3 Å². The SMILES string of the molecule is CCOC(=O)c1sc(Nc2nc(C3=CCCNC3)cn3c(-c4cnn(C)c4)cnc23)cc1C(C)C. The van der Waals surface area contributed by atoms with E-state index in [4.69, 9.17) is 14.7 Å². The minimum absolute atomic E-state index is 0.183. The average molecular weight is 492 g/mol. The fourth-order valence-electron chi connectivity index (χ4n) is 4.20. The van der Waals surface area contributed by atoms with E-state index in [1.54, 1.807) is 4.68 Å². The van der Waals surface area contributed by atoms with Crippen LogP contribution < -0.4 is 10.6 Å². The Morgan fingerprint density at radius 2 is 2.17 bits per heavy atom. The van der Waals surface area contributed by atoms with Crippen LogP contribution >= 0.6 is 11.3 Å². The highest BCUT2D eigenvalue weighted by Crippen LogP contribution is 2.36. The highest BCUT2D eigenvalue weighted by atomic mass is 32.1. The number of aryl methyl sites for hydroxylation is 1. The largest absolute Gasteiger partial charge is 0.462 e. The van der Waals surface area contributed by atoms with Crippen LogP contribution in [0.15, 0.2) is 36.9 Å². The standard InChI is InChI=1S/C25H29N7O2S/c1-5-34-25(33)22-18(15(2)3)9-21(35-22)30-23-24-27-12-20(17-11-28-31(4)13-17)32(24)14-19(29-23)16-7-6-8-26-10-16/h7,9,11-15,26H,5-6,8,10H2,1-4H3,(H,29,30). The van der Waals surface area contributed by atoms with Gasteiger partial charge in [-0.25, -0.2) is 14.8 Å². The predicted molar refractivity (Wildman–Crippen MR) is 138 cm³/mol. The van der Waals surface area contributed by atoms with Gasteiger partial charge in [0.05, 0.1) is 35.4 Å². The molecule has 0 aromatic carbocycles. The predicted octanol–water partition coefficient (Wildman–Crippen LogP) is 4.61. The van der Waals surface area contributed by atoms with Crippen molar-refractivity contribution in [2.24, 2.45) is 7.05 Å². The van der Waals surface area contributed by atoms with Gasteiger partial charge in [-0.05, 0) is 43.0 Å². The molecule has 0 saturated heterocycles. The number of hydrogen-bond donors (Lipinski definition) is 2. The summed E-state index contributed by atoms with van der Waals surface area (Å²) in [7, 11) is 1.90. The second-order valence-corrected chi connectivity index (χ2v) is 9.86. The van der Waals surface area contributed by atoms with Gasteiger partial charge in [0.2, 0.25) is 0 Å². The number of thiophene rings is 1. The molecule has 10 heteroatoms. The van der Waals surface area contributed by atoms with Crippen LogP contribution in [-0.4, -0.2) is 49.8 Å². The van der Waals surface area contributed by atoms with E-state index in [2.05, 4.69) is 40.1 Å². The zero-order valence-corrected chi connectivity index (χ0v) is 21.1. The van der Waals surface area contributed by atoms with Crippen molar-refractivity contribution in [1.82, 2.24) is 29.5 Å². The number of imidazole rings is 1. The van der Waals surface area contributed by atoms with Crippen LogP contribution in [0.4, 0.5) is 10.8 Å². The number of nitrogens with one attached hydrogen (secondary N) is 2. The first-order chi connectivity index (χ1) is 16.9. The van der Waals surface area contributed by atoms with Crippen molar-refractivity contribution in [2.75, 3.05) is 25.0 Å². The lowest BCUT2D eigenvalue weighted by Gasteiger charge is -2.16. The maximum atomic E-state index is 12.6. The van der Waals surface area contributed by atoms with Crippen molar-refractivity contribution in [2.45, 2.75) is 33.1 Å². The summed E-state index contributed by atoms with van der Waals surface area (Å²) >= 11 is 1.38. The topological polar surface area (TPSA) is 98.4 Å². The van der Waals surface area contributed by atoms with Gasteiger partial charge in [-0.1, -0.05) is 19.9 Å². The van der Waals surface area contributed by atoms with Gasteiger partial charge in [0, 0.05) is 31.5 Å². The van der Waals surface area contributed by atoms with Crippen molar-refractivity contribution >= 4 is 39.3 Å². The Kier molecular flexibility index (Phi) is 6.40. The monoisotopic (exact) mass is 491 g/mol. The number of anilines is 2. The number of aromatic nitrogens is 5. The molecule has 0 amide bonds. The molecule has 4 aromatic heterocycles. The number of nitrogens with zero attached hydrogens (tertiary/aromatic N) is 5. The first-order valence-electron chi connectivity index (χ1n) is 11.8. The summed E-state index contributed by atoms with van der Waals surface area (Å²) < 4.78 is 9.13. The maximum absolute atomic E-state index is 12.6. The zero-order valence-electron chi connectivity index (χ0n) is 20.3. The third kappa shape index (κ3) is 4.59. The fraction of sp³-hybridized carbons (Fsp3) is 0.360. The molecule has 0 unspecified atom stereocenters. The summed E-state index contributed by atoms with van der Waals surface area (Å²) in [6.07, 6.45) is 10.9. The normalized spacial score (nSPS) is 13.9. The average Bonchev–Trinajstić information content (AvgIpc) is 3.58. The summed E-state index contributed by atoms with van der Waals surface area (Å²) in [5.41, 5.74) is 5.60. The molecule has 0 saturated carbocycles. The van der Waals surface area contributed by atoms with Crippen LogP contribution in [0, 0.1) is 0 Å². The molecule has 5 heterocycles. The van der Waals surface area contributed by atoms with Crippen LogP contribution in [0.3, 0.4) is 0 Å². The zero-order chi connectivity index (χ0) is 24.5. The summed E-state index contributed by atoms with van der Waals surface area (Å²) in [5.74, 6) is 0.526. The van der Waals surface area contributed by atoms with E-state index in [9.17, 15) is 4.79 Å². The van der Waals surface area contributed by atoms with Crippen LogP contribution in [-0.2, 0) is 11.8 Å². The van der Waals surface area contributed by atoms with Crippen LogP contribution in [0.5, 0.6) is 0 Å². The van der Waals surface area contributed by atoms with Gasteiger partial charge in [0.25, 0.3) is 0 Å². The molecular formula is C25H29N7O2S. The quantitative estimate of drug-likeness (QED) is 0.364. The molecule has 0 aliphatic carbocycles. The number of fused-ring (bicyclic) bond motifs is 1. The van der Waals surface area contributed by atoms with Crippen molar-refractivity contribution in [3.8, 4) is 11.3 Å². The summed E-state index contributed by atoms with van der Waals surface area (Å²) in [6, 6.07) is 2.01. The van der Waals surface area contributed by atoms with E-state index >= 15 is 0 Å². The fourth-order valence-corrected chi connectivity index (χ4v) is 5.31. The molecule has 0 spiro atoms. The van der Waals surface area contributed by atoms with Crippen LogP contribution in [0.1, 0.15) is 54.0 Å². The lowest BCUT2D eigenvalue weighted by Crippen LogP contribution is -2.22. The number of esters is 1. The van der Waals surface area contributed by atoms with Gasteiger partial charge in [0.15, 0.2) is 11.5 Å². The molecule has 182 valence electrons. The smallest absolute Gasteiger partial charge is 0.348 e. The summed E-state index contributed by atoms with van der Waals surface area (Å²) in [4.78, 5) is 22.9. The molecule has 9 nitrogen and oxygen atoms in total. The van der Waals surface area contributed by atoms with Gasteiger partial charge in [-0.2, -0.15) is 5.10 Å². The van der Waals surface area contributed by atoms with Crippen molar-refractivity contribution in [3.63, 3.8) is 0 Å². The van der Waals surface area contributed by atoms with Crippen molar-refractivity contribution in [1.29, 1.82) is 0 Å². The molecule has 1 aliphatic rings. The first kappa shape index (κ1) is 23.3. The Balaban J connectivity index is 1.62. The number of ether oxygens (including phenoxy) is 1. The molecule has 0 radical (unpaired) electrons. The Labute approximate surface area is 207 Å². The Hall–Kier alpha value is -3.50. The van der Waals surface area contributed by atoms with Gasteiger partial charge in [-0.3, -0.25) is 9.08 Å². The molecule has 2 N–H and O–H groups in total. The third-order valence-corrected chi connectivity index (χ3v) is 6.98. The summed E-state index contributed by atoms with van der Waals surface area (Å²) in [5, 5.41) is 12.0. The molecule has 5 rings (SSSR count). The van der Waals surface area contributed by atoms with E-state index < -0.39 is 0 Å². The molecular weight excluding hydrogens is 462 g/mol. The van der Waals surface area contributed by atoms with Crippen molar-refractivity contribution < 1.29 is 9.53 Å². The molecule has 0 atom stereocenters. The van der Waals surface area contributed by atoms with Gasteiger partial charge in [0.1, 0.15) is 4.88 Å². The molecule has 0 fully saturated rings. The third-order valence-electron chi connectivity index (χ3n) is 5.93. The van der Waals surface area contributed by atoms with Crippen molar-refractivity contribution in [3.05, 3.63) is 53.1 Å². The molecule has 0 bridgehead atoms. The number of rotatable bonds is 7. The Bertz CT molecular complexity index is 1410. The maximum Gasteiger partial charge on any atom is 0.348 e. The van der Waals surface area contributed by atoms with E-state index in [1.807, 2.05) is 44.8 Å². The van der Waals surface area contributed by atoms with Gasteiger partial charge < -0.3 is 15.4 Å². The lowest BCUT2D eigenvalue weighted by molar-refractivity contribution is 0.0530. The number of hydrogen-bond acceptors (Lipinski definition) is 8. The van der Waals surface area contributed by atoms with E-state index in [0.29, 0.717) is 22.9 Å². The highest BCUT2D eigenvalue weighted by Gasteiger charge is 2.22. The van der Waals surface area contributed by atoms with E-state index in [0.717, 1.165) is 52.6 Å². The second-order valence-electron chi connectivity index (χ2n) is 8.80. The molecule has 4 aromatic rings. The van der Waals surface area contributed by atoms with E-state index in [-0.39, 0.29) is 11.9 Å². The first-order valence-corrected chi connectivity index (χ1v) is 12.6. The molecule has 35 heavy (non-hydrogen) atoms. The minimum Gasteiger partial charge on any atom is -0.462 e. The number of carbonyl (C=O) groups excluding carboxylic acids is 1. The molecule has 1 aliphatic heterocycles. The van der Waals surface area contributed by atoms with Crippen LogP contribution in [0.2, 0.25) is 0 Å². The summed E-state index contributed by atoms with van der Waals surface area (Å²) in [6.45, 7) is 8.03. The lowest BCUT2D eigenvalue weighted by atomic mass is 10.0. The second kappa shape index (κ2) is 9.63.